The molecule has 0 aromatic heterocycles. The maximum Gasteiger partial charge on any atom is 0.417 e. The zero-order valence-electron chi connectivity index (χ0n) is 21.1. The van der Waals surface area contributed by atoms with Crippen LogP contribution in [-0.4, -0.2) is 40.8 Å². The predicted molar refractivity (Wildman–Crippen MR) is 125 cm³/mol. The first-order valence-electron chi connectivity index (χ1n) is 13.6. The number of hydrogen-bond donors (Lipinski definition) is 2. The van der Waals surface area contributed by atoms with Crippen molar-refractivity contribution in [3.8, 4) is 0 Å². The Morgan fingerprint density at radius 2 is 1.82 bits per heavy atom. The molecule has 1 unspecified atom stereocenters. The van der Waals surface area contributed by atoms with Crippen molar-refractivity contribution in [2.45, 2.75) is 109 Å². The lowest BCUT2D eigenvalue weighted by atomic mass is 9.46. The fourth-order valence-corrected chi connectivity index (χ4v) is 9.36. The summed E-state index contributed by atoms with van der Waals surface area (Å²) in [7, 11) is 0. The van der Waals surface area contributed by atoms with Crippen LogP contribution in [0, 0.1) is 40.4 Å². The fourth-order valence-electron chi connectivity index (χ4n) is 9.36. The van der Waals surface area contributed by atoms with Crippen LogP contribution in [0.3, 0.4) is 0 Å². The molecule has 0 radical (unpaired) electrons. The van der Waals surface area contributed by atoms with E-state index in [1.165, 1.54) is 12.8 Å². The molecule has 3 saturated carbocycles. The van der Waals surface area contributed by atoms with E-state index in [-0.39, 0.29) is 23.7 Å². The Balaban J connectivity index is 1.31. The number of fused-ring (bicyclic) bond motifs is 5. The van der Waals surface area contributed by atoms with Crippen LogP contribution in [0.4, 0.5) is 13.2 Å². The highest BCUT2D eigenvalue weighted by atomic mass is 19.4. The van der Waals surface area contributed by atoms with Crippen LogP contribution in [-0.2, 0) is 4.74 Å². The molecule has 3 nitrogen and oxygen atoms in total. The molecule has 5 aliphatic rings. The third-order valence-corrected chi connectivity index (χ3v) is 11.6. The molecule has 0 spiro atoms. The molecule has 34 heavy (non-hydrogen) atoms. The van der Waals surface area contributed by atoms with Gasteiger partial charge in [0.15, 0.2) is 5.60 Å². The molecule has 4 aliphatic carbocycles. The highest BCUT2D eigenvalue weighted by Gasteiger charge is 2.63. The molecule has 0 bridgehead atoms. The minimum absolute atomic E-state index is 0.179. The van der Waals surface area contributed by atoms with Crippen LogP contribution in [0.2, 0.25) is 0 Å². The molecule has 1 aliphatic heterocycles. The van der Waals surface area contributed by atoms with Crippen molar-refractivity contribution >= 4 is 0 Å². The lowest BCUT2D eigenvalue weighted by molar-refractivity contribution is -0.271. The summed E-state index contributed by atoms with van der Waals surface area (Å²) in [6.45, 7) is 8.16. The normalized spacial score (nSPS) is 49.7. The summed E-state index contributed by atoms with van der Waals surface area (Å²) in [5, 5.41) is 21.1. The van der Waals surface area contributed by atoms with E-state index in [1.54, 1.807) is 0 Å². The Morgan fingerprint density at radius 3 is 2.50 bits per heavy atom. The Kier molecular flexibility index (Phi) is 6.05. The molecule has 0 aromatic carbocycles. The molecule has 1 heterocycles. The Bertz CT molecular complexity index is 818. The van der Waals surface area contributed by atoms with Gasteiger partial charge < -0.3 is 14.9 Å². The van der Waals surface area contributed by atoms with Gasteiger partial charge in [-0.2, -0.15) is 13.2 Å². The molecule has 4 fully saturated rings. The van der Waals surface area contributed by atoms with Crippen LogP contribution >= 0.6 is 0 Å². The first kappa shape index (κ1) is 25.1. The number of alkyl halides is 3. The first-order valence-corrected chi connectivity index (χ1v) is 13.6. The van der Waals surface area contributed by atoms with Crippen LogP contribution in [0.1, 0.15) is 91.4 Å². The zero-order valence-corrected chi connectivity index (χ0v) is 21.1. The highest BCUT2D eigenvalue weighted by Crippen LogP contribution is 2.68. The standard InChI is InChI=1S/C28H43F3O3/c1-18(8-11-26(32)14-15-34-17-26)21-6-7-22-20-5-4-19-16-27(33,28(29,30)31)13-12-24(19,2)23(20)9-10-25(21,22)3/h4,18,20-23,32-33H,5-17H2,1-3H3/t18-,20+,21-,22+,23+,24+,25-,26?,27+/m1/s1. The summed E-state index contributed by atoms with van der Waals surface area (Å²) < 4.78 is 46.2. The van der Waals surface area contributed by atoms with Crippen LogP contribution in [0.5, 0.6) is 0 Å². The predicted octanol–water partition coefficient (Wildman–Crippen LogP) is 6.43. The minimum Gasteiger partial charge on any atom is -0.387 e. The fraction of sp³-hybridized carbons (Fsp3) is 0.929. The topological polar surface area (TPSA) is 49.7 Å². The molecule has 0 amide bonds. The SMILES string of the molecule is C[C@H](CCC1(O)CCOC1)[C@H]1CC[C@H]2[C@@H]3CC=C4C[C@](O)(C(F)(F)F)CC[C@]4(C)[C@H]3CC[C@]12C. The molecular formula is C28H43F3O3. The van der Waals surface area contributed by atoms with E-state index in [4.69, 9.17) is 4.74 Å². The van der Waals surface area contributed by atoms with Gasteiger partial charge in [0.2, 0.25) is 0 Å². The van der Waals surface area contributed by atoms with Crippen molar-refractivity contribution in [3.05, 3.63) is 11.6 Å². The lowest BCUT2D eigenvalue weighted by Crippen LogP contribution is -2.55. The van der Waals surface area contributed by atoms with Gasteiger partial charge in [-0.15, -0.1) is 0 Å². The van der Waals surface area contributed by atoms with Crippen molar-refractivity contribution < 1.29 is 28.1 Å². The molecule has 9 atom stereocenters. The van der Waals surface area contributed by atoms with E-state index in [0.717, 1.165) is 44.1 Å². The van der Waals surface area contributed by atoms with E-state index in [1.807, 2.05) is 0 Å². The summed E-state index contributed by atoms with van der Waals surface area (Å²) >= 11 is 0. The highest BCUT2D eigenvalue weighted by molar-refractivity contribution is 5.28. The average Bonchev–Trinajstić information content (AvgIpc) is 3.35. The first-order chi connectivity index (χ1) is 15.8. The van der Waals surface area contributed by atoms with Crippen molar-refractivity contribution in [1.29, 1.82) is 0 Å². The summed E-state index contributed by atoms with van der Waals surface area (Å²) in [5.74, 6) is 2.78. The smallest absolute Gasteiger partial charge is 0.387 e. The number of aliphatic hydroxyl groups is 2. The van der Waals surface area contributed by atoms with Gasteiger partial charge in [0.1, 0.15) is 0 Å². The summed E-state index contributed by atoms with van der Waals surface area (Å²) in [6, 6.07) is 0. The van der Waals surface area contributed by atoms with Gasteiger partial charge in [0.05, 0.1) is 12.2 Å². The number of allylic oxidation sites excluding steroid dienone is 1. The van der Waals surface area contributed by atoms with Crippen LogP contribution in [0.15, 0.2) is 11.6 Å². The monoisotopic (exact) mass is 484 g/mol. The number of hydrogen-bond acceptors (Lipinski definition) is 3. The third kappa shape index (κ3) is 3.80. The average molecular weight is 485 g/mol. The van der Waals surface area contributed by atoms with Gasteiger partial charge in [0, 0.05) is 19.4 Å². The Labute approximate surface area is 202 Å². The van der Waals surface area contributed by atoms with Gasteiger partial charge in [-0.05, 0) is 98.2 Å². The molecule has 0 aromatic rings. The summed E-state index contributed by atoms with van der Waals surface area (Å²) in [5.41, 5.74) is -2.28. The molecule has 2 N–H and O–H groups in total. The molecule has 1 saturated heterocycles. The van der Waals surface area contributed by atoms with Crippen molar-refractivity contribution in [2.24, 2.45) is 40.4 Å². The third-order valence-electron chi connectivity index (χ3n) is 11.6. The summed E-state index contributed by atoms with van der Waals surface area (Å²) in [6.07, 6.45) is 5.64. The van der Waals surface area contributed by atoms with Crippen molar-refractivity contribution in [2.75, 3.05) is 13.2 Å². The number of rotatable bonds is 4. The van der Waals surface area contributed by atoms with E-state index in [9.17, 15) is 23.4 Å². The maximum atomic E-state index is 13.6. The Hall–Kier alpha value is -0.590. The van der Waals surface area contributed by atoms with E-state index < -0.39 is 17.4 Å². The van der Waals surface area contributed by atoms with Crippen molar-refractivity contribution in [3.63, 3.8) is 0 Å². The minimum atomic E-state index is -4.57. The second-order valence-electron chi connectivity index (χ2n) is 13.2. The Morgan fingerprint density at radius 1 is 1.06 bits per heavy atom. The quantitative estimate of drug-likeness (QED) is 0.452. The van der Waals surface area contributed by atoms with Crippen molar-refractivity contribution in [1.82, 2.24) is 0 Å². The second kappa shape index (κ2) is 8.21. The number of ether oxygens (including phenoxy) is 1. The zero-order chi connectivity index (χ0) is 24.6. The second-order valence-corrected chi connectivity index (χ2v) is 13.2. The number of halogens is 3. The van der Waals surface area contributed by atoms with Crippen LogP contribution in [0.25, 0.3) is 0 Å². The van der Waals surface area contributed by atoms with Gasteiger partial charge in [-0.1, -0.05) is 32.4 Å². The largest absolute Gasteiger partial charge is 0.417 e. The van der Waals surface area contributed by atoms with Gasteiger partial charge in [-0.3, -0.25) is 0 Å². The lowest BCUT2D eigenvalue weighted by Gasteiger charge is -2.59. The molecule has 194 valence electrons. The maximum absolute atomic E-state index is 13.6. The summed E-state index contributed by atoms with van der Waals surface area (Å²) in [4.78, 5) is 0. The van der Waals surface area contributed by atoms with Gasteiger partial charge in [-0.25, -0.2) is 0 Å². The molecule has 5 rings (SSSR count). The van der Waals surface area contributed by atoms with E-state index >= 15 is 0 Å². The van der Waals surface area contributed by atoms with E-state index in [2.05, 4.69) is 26.8 Å². The van der Waals surface area contributed by atoms with Gasteiger partial charge >= 0.3 is 6.18 Å². The molecule has 6 heteroatoms. The van der Waals surface area contributed by atoms with Crippen LogP contribution < -0.4 is 0 Å². The van der Waals surface area contributed by atoms with E-state index in [0.29, 0.717) is 49.2 Å². The molecular weight excluding hydrogens is 441 g/mol. The van der Waals surface area contributed by atoms with Gasteiger partial charge in [0.25, 0.3) is 0 Å².